The molecule has 0 unspecified atom stereocenters. The Kier molecular flexibility index (Phi) is 2.28. The van der Waals surface area contributed by atoms with Crippen LogP contribution in [0.1, 0.15) is 15.9 Å². The predicted molar refractivity (Wildman–Crippen MR) is 56.9 cm³/mol. The van der Waals surface area contributed by atoms with Gasteiger partial charge in [0.2, 0.25) is 0 Å². The second-order valence-electron chi connectivity index (χ2n) is 3.60. The standard InChI is InChI=1S/C11H12N2O2/c1-7-2-3-8-9(6-7)13(5-4-12)11(15)10(8)14/h2-3,6H,4-5,12H2,1H3. The molecule has 2 rings (SSSR count). The number of nitrogens with zero attached hydrogens (tertiary/aromatic N) is 1. The van der Waals surface area contributed by atoms with Gasteiger partial charge in [0.05, 0.1) is 11.3 Å². The zero-order valence-corrected chi connectivity index (χ0v) is 8.49. The Morgan fingerprint density at radius 3 is 2.73 bits per heavy atom. The minimum Gasteiger partial charge on any atom is -0.329 e. The van der Waals surface area contributed by atoms with Crippen LogP contribution in [0.25, 0.3) is 0 Å². The van der Waals surface area contributed by atoms with Crippen LogP contribution in [0.5, 0.6) is 0 Å². The number of benzene rings is 1. The molecule has 0 aromatic heterocycles. The number of rotatable bonds is 2. The van der Waals surface area contributed by atoms with E-state index in [2.05, 4.69) is 0 Å². The van der Waals surface area contributed by atoms with E-state index in [0.717, 1.165) is 5.56 Å². The maximum Gasteiger partial charge on any atom is 0.299 e. The van der Waals surface area contributed by atoms with E-state index in [1.807, 2.05) is 19.1 Å². The van der Waals surface area contributed by atoms with Gasteiger partial charge in [-0.2, -0.15) is 0 Å². The molecule has 0 atom stereocenters. The Balaban J connectivity index is 2.51. The Hall–Kier alpha value is -1.68. The first-order valence-corrected chi connectivity index (χ1v) is 4.82. The summed E-state index contributed by atoms with van der Waals surface area (Å²) in [5, 5.41) is 0. The van der Waals surface area contributed by atoms with Crippen LogP contribution in [0, 0.1) is 6.92 Å². The van der Waals surface area contributed by atoms with Gasteiger partial charge >= 0.3 is 0 Å². The molecule has 0 bridgehead atoms. The number of hydrogen-bond acceptors (Lipinski definition) is 3. The van der Waals surface area contributed by atoms with E-state index < -0.39 is 11.7 Å². The highest BCUT2D eigenvalue weighted by Crippen LogP contribution is 2.29. The van der Waals surface area contributed by atoms with Gasteiger partial charge in [0, 0.05) is 13.1 Å². The van der Waals surface area contributed by atoms with Gasteiger partial charge in [-0.05, 0) is 24.6 Å². The van der Waals surface area contributed by atoms with E-state index in [1.54, 1.807) is 6.07 Å². The fourth-order valence-electron chi connectivity index (χ4n) is 1.76. The normalized spacial score (nSPS) is 14.7. The zero-order valence-electron chi connectivity index (χ0n) is 8.49. The third kappa shape index (κ3) is 1.43. The molecule has 0 fully saturated rings. The fraction of sp³-hybridized carbons (Fsp3) is 0.273. The van der Waals surface area contributed by atoms with Crippen molar-refractivity contribution in [2.45, 2.75) is 6.92 Å². The molecular weight excluding hydrogens is 192 g/mol. The Labute approximate surface area is 87.7 Å². The Morgan fingerprint density at radius 1 is 1.33 bits per heavy atom. The second kappa shape index (κ2) is 3.47. The maximum absolute atomic E-state index is 11.6. The molecule has 78 valence electrons. The molecule has 0 aliphatic carbocycles. The van der Waals surface area contributed by atoms with Crippen LogP contribution in [0.4, 0.5) is 5.69 Å². The van der Waals surface area contributed by atoms with Crippen molar-refractivity contribution in [1.29, 1.82) is 0 Å². The van der Waals surface area contributed by atoms with Gasteiger partial charge in [0.1, 0.15) is 0 Å². The van der Waals surface area contributed by atoms with Gasteiger partial charge in [-0.3, -0.25) is 9.59 Å². The van der Waals surface area contributed by atoms with E-state index in [4.69, 9.17) is 5.73 Å². The largest absolute Gasteiger partial charge is 0.329 e. The zero-order chi connectivity index (χ0) is 11.0. The van der Waals surface area contributed by atoms with Gasteiger partial charge in [-0.1, -0.05) is 6.07 Å². The minimum absolute atomic E-state index is 0.354. The third-order valence-corrected chi connectivity index (χ3v) is 2.48. The Morgan fingerprint density at radius 2 is 2.07 bits per heavy atom. The first-order valence-electron chi connectivity index (χ1n) is 4.82. The molecule has 1 aliphatic heterocycles. The highest BCUT2D eigenvalue weighted by molar-refractivity contribution is 6.52. The lowest BCUT2D eigenvalue weighted by molar-refractivity contribution is -0.114. The third-order valence-electron chi connectivity index (χ3n) is 2.48. The lowest BCUT2D eigenvalue weighted by Gasteiger charge is -2.15. The predicted octanol–water partition coefficient (Wildman–Crippen LogP) is 0.483. The molecule has 0 radical (unpaired) electrons. The van der Waals surface area contributed by atoms with Crippen LogP contribution in [0.3, 0.4) is 0 Å². The highest BCUT2D eigenvalue weighted by Gasteiger charge is 2.34. The number of carbonyl (C=O) groups is 2. The maximum atomic E-state index is 11.6. The first kappa shape index (κ1) is 9.86. The van der Waals surface area contributed by atoms with Crippen LogP contribution in [-0.4, -0.2) is 24.8 Å². The van der Waals surface area contributed by atoms with Crippen LogP contribution < -0.4 is 10.6 Å². The summed E-state index contributed by atoms with van der Waals surface area (Å²) in [6.07, 6.45) is 0. The van der Waals surface area contributed by atoms with Crippen molar-refractivity contribution in [3.8, 4) is 0 Å². The number of anilines is 1. The summed E-state index contributed by atoms with van der Waals surface area (Å²) < 4.78 is 0. The highest BCUT2D eigenvalue weighted by atomic mass is 16.2. The number of Topliss-reactive ketones (excluding diaryl/α,β-unsaturated/α-hetero) is 1. The molecule has 1 aromatic rings. The smallest absolute Gasteiger partial charge is 0.299 e. The summed E-state index contributed by atoms with van der Waals surface area (Å²) in [7, 11) is 0. The molecule has 0 saturated heterocycles. The average molecular weight is 204 g/mol. The van der Waals surface area contributed by atoms with E-state index in [-0.39, 0.29) is 0 Å². The number of aryl methyl sites for hydroxylation is 1. The summed E-state index contributed by atoms with van der Waals surface area (Å²) in [5.41, 5.74) is 7.61. The van der Waals surface area contributed by atoms with Gasteiger partial charge in [-0.25, -0.2) is 0 Å². The van der Waals surface area contributed by atoms with E-state index in [9.17, 15) is 9.59 Å². The molecule has 1 amide bonds. The molecule has 1 heterocycles. The quantitative estimate of drug-likeness (QED) is 0.713. The molecule has 1 aliphatic rings. The Bertz CT molecular complexity index is 440. The SMILES string of the molecule is Cc1ccc2c(c1)N(CCN)C(=O)C2=O. The topological polar surface area (TPSA) is 63.4 Å². The number of fused-ring (bicyclic) bond motifs is 1. The first-order chi connectivity index (χ1) is 7.15. The molecule has 2 N–H and O–H groups in total. The number of carbonyl (C=O) groups excluding carboxylic acids is 2. The second-order valence-corrected chi connectivity index (χ2v) is 3.60. The van der Waals surface area contributed by atoms with Gasteiger partial charge in [0.25, 0.3) is 11.7 Å². The summed E-state index contributed by atoms with van der Waals surface area (Å²) in [4.78, 5) is 24.6. The molecule has 1 aromatic carbocycles. The van der Waals surface area contributed by atoms with E-state index in [0.29, 0.717) is 24.3 Å². The summed E-state index contributed by atoms with van der Waals surface area (Å²) in [6.45, 7) is 2.67. The molecule has 4 heteroatoms. The molecule has 4 nitrogen and oxygen atoms in total. The fourth-order valence-corrected chi connectivity index (χ4v) is 1.76. The van der Waals surface area contributed by atoms with Crippen molar-refractivity contribution >= 4 is 17.4 Å². The molecule has 15 heavy (non-hydrogen) atoms. The van der Waals surface area contributed by atoms with Crippen LogP contribution >= 0.6 is 0 Å². The summed E-state index contributed by atoms with van der Waals surface area (Å²) in [5.74, 6) is -0.903. The number of ketones is 1. The van der Waals surface area contributed by atoms with Crippen molar-refractivity contribution < 1.29 is 9.59 Å². The van der Waals surface area contributed by atoms with Crippen molar-refractivity contribution in [3.63, 3.8) is 0 Å². The minimum atomic E-state index is -0.471. The van der Waals surface area contributed by atoms with Crippen molar-refractivity contribution in [1.82, 2.24) is 0 Å². The van der Waals surface area contributed by atoms with Crippen LogP contribution in [-0.2, 0) is 4.79 Å². The lowest BCUT2D eigenvalue weighted by Crippen LogP contribution is -2.34. The van der Waals surface area contributed by atoms with Crippen molar-refractivity contribution in [2.75, 3.05) is 18.0 Å². The monoisotopic (exact) mass is 204 g/mol. The van der Waals surface area contributed by atoms with Gasteiger partial charge < -0.3 is 10.6 Å². The molecular formula is C11H12N2O2. The number of hydrogen-bond donors (Lipinski definition) is 1. The van der Waals surface area contributed by atoms with Crippen molar-refractivity contribution in [3.05, 3.63) is 29.3 Å². The van der Waals surface area contributed by atoms with Crippen molar-refractivity contribution in [2.24, 2.45) is 5.73 Å². The van der Waals surface area contributed by atoms with E-state index >= 15 is 0 Å². The van der Waals surface area contributed by atoms with Gasteiger partial charge in [-0.15, -0.1) is 0 Å². The molecule has 0 spiro atoms. The van der Waals surface area contributed by atoms with Gasteiger partial charge in [0.15, 0.2) is 0 Å². The summed E-state index contributed by atoms with van der Waals surface area (Å²) >= 11 is 0. The van der Waals surface area contributed by atoms with Crippen LogP contribution in [0.15, 0.2) is 18.2 Å². The van der Waals surface area contributed by atoms with E-state index in [1.165, 1.54) is 4.90 Å². The number of nitrogens with two attached hydrogens (primary N) is 1. The number of amides is 1. The lowest BCUT2D eigenvalue weighted by atomic mass is 10.1. The molecule has 0 saturated carbocycles. The average Bonchev–Trinajstić information content (AvgIpc) is 2.44. The summed E-state index contributed by atoms with van der Waals surface area (Å²) in [6, 6.07) is 5.37. The van der Waals surface area contributed by atoms with Crippen LogP contribution in [0.2, 0.25) is 0 Å².